The summed E-state index contributed by atoms with van der Waals surface area (Å²) in [7, 11) is 0. The fourth-order valence-electron chi connectivity index (χ4n) is 3.88. The van der Waals surface area contributed by atoms with Crippen molar-refractivity contribution in [1.82, 2.24) is 9.88 Å². The van der Waals surface area contributed by atoms with E-state index < -0.39 is 0 Å². The van der Waals surface area contributed by atoms with Gasteiger partial charge in [0.15, 0.2) is 0 Å². The van der Waals surface area contributed by atoms with E-state index >= 15 is 0 Å². The standard InChI is InChI=1S/C23H24ClN3O/c1-15-9-10-19(24)20(13-15)26-22-17-8-6-7-16(2)21(17)18(14-25-22)23(28)27-11-4-3-5-12-27/h6-10,13-14H,3-5,11-12H2,1-2H3,(H,25,26). The summed E-state index contributed by atoms with van der Waals surface area (Å²) < 4.78 is 0. The van der Waals surface area contributed by atoms with Crippen molar-refractivity contribution >= 4 is 39.8 Å². The Kier molecular flexibility index (Phi) is 5.23. The average molecular weight is 394 g/mol. The van der Waals surface area contributed by atoms with Gasteiger partial charge in [0.25, 0.3) is 5.91 Å². The Morgan fingerprint density at radius 1 is 1.11 bits per heavy atom. The molecule has 0 unspecified atom stereocenters. The number of nitrogens with one attached hydrogen (secondary N) is 1. The first-order chi connectivity index (χ1) is 13.5. The topological polar surface area (TPSA) is 45.2 Å². The molecule has 3 aromatic rings. The monoisotopic (exact) mass is 393 g/mol. The third-order valence-electron chi connectivity index (χ3n) is 5.37. The van der Waals surface area contributed by atoms with Crippen LogP contribution in [0.5, 0.6) is 0 Å². The highest BCUT2D eigenvalue weighted by atomic mass is 35.5. The number of piperidine rings is 1. The van der Waals surface area contributed by atoms with Crippen LogP contribution in [0.2, 0.25) is 5.02 Å². The zero-order valence-electron chi connectivity index (χ0n) is 16.3. The molecular weight excluding hydrogens is 370 g/mol. The third-order valence-corrected chi connectivity index (χ3v) is 5.70. The van der Waals surface area contributed by atoms with Gasteiger partial charge < -0.3 is 10.2 Å². The lowest BCUT2D eigenvalue weighted by atomic mass is 10.00. The SMILES string of the molecule is Cc1ccc(Cl)c(Nc2ncc(C(=O)N3CCCCC3)c3c(C)cccc23)c1. The average Bonchev–Trinajstić information content (AvgIpc) is 2.71. The Bertz CT molecular complexity index is 1040. The predicted octanol–water partition coefficient (Wildman–Crippen LogP) is 5.87. The van der Waals surface area contributed by atoms with Gasteiger partial charge in [-0.1, -0.05) is 35.9 Å². The Hall–Kier alpha value is -2.59. The third kappa shape index (κ3) is 3.57. The van der Waals surface area contributed by atoms with Gasteiger partial charge in [0, 0.05) is 30.1 Å². The summed E-state index contributed by atoms with van der Waals surface area (Å²) in [5, 5.41) is 5.89. The molecular formula is C23H24ClN3O. The van der Waals surface area contributed by atoms with Crippen LogP contribution in [0.3, 0.4) is 0 Å². The van der Waals surface area contributed by atoms with E-state index in [-0.39, 0.29) is 5.91 Å². The van der Waals surface area contributed by atoms with Crippen LogP contribution in [-0.4, -0.2) is 28.9 Å². The Morgan fingerprint density at radius 3 is 2.68 bits per heavy atom. The lowest BCUT2D eigenvalue weighted by molar-refractivity contribution is 0.0726. The van der Waals surface area contributed by atoms with Gasteiger partial charge in [-0.05, 0) is 56.4 Å². The number of likely N-dealkylation sites (tertiary alicyclic amines) is 1. The molecule has 28 heavy (non-hydrogen) atoms. The number of amides is 1. The fourth-order valence-corrected chi connectivity index (χ4v) is 4.04. The van der Waals surface area contributed by atoms with E-state index in [1.165, 1.54) is 6.42 Å². The van der Waals surface area contributed by atoms with Crippen LogP contribution in [0.4, 0.5) is 11.5 Å². The van der Waals surface area contributed by atoms with Crippen molar-refractivity contribution in [1.29, 1.82) is 0 Å². The number of anilines is 2. The van der Waals surface area contributed by atoms with Gasteiger partial charge in [-0.3, -0.25) is 4.79 Å². The maximum absolute atomic E-state index is 13.2. The summed E-state index contributed by atoms with van der Waals surface area (Å²) in [4.78, 5) is 19.7. The van der Waals surface area contributed by atoms with Crippen molar-refractivity contribution in [3.63, 3.8) is 0 Å². The van der Waals surface area contributed by atoms with Crippen LogP contribution in [0.15, 0.2) is 42.6 Å². The highest BCUT2D eigenvalue weighted by molar-refractivity contribution is 6.33. The number of aromatic nitrogens is 1. The molecule has 1 fully saturated rings. The number of hydrogen-bond donors (Lipinski definition) is 1. The van der Waals surface area contributed by atoms with Crippen molar-refractivity contribution in [2.45, 2.75) is 33.1 Å². The van der Waals surface area contributed by atoms with Gasteiger partial charge in [-0.2, -0.15) is 0 Å². The molecule has 2 heterocycles. The first-order valence-corrected chi connectivity index (χ1v) is 10.1. The summed E-state index contributed by atoms with van der Waals surface area (Å²) >= 11 is 6.36. The van der Waals surface area contributed by atoms with Crippen molar-refractivity contribution < 1.29 is 4.79 Å². The quantitative estimate of drug-likeness (QED) is 0.604. The minimum Gasteiger partial charge on any atom is -0.339 e. The van der Waals surface area contributed by atoms with Crippen LogP contribution >= 0.6 is 11.6 Å². The molecule has 0 radical (unpaired) electrons. The minimum atomic E-state index is 0.0756. The van der Waals surface area contributed by atoms with E-state index in [1.54, 1.807) is 6.20 Å². The normalized spacial score (nSPS) is 14.3. The van der Waals surface area contributed by atoms with E-state index in [4.69, 9.17) is 11.6 Å². The summed E-state index contributed by atoms with van der Waals surface area (Å²) in [6, 6.07) is 11.9. The molecule has 1 aliphatic heterocycles. The molecule has 144 valence electrons. The maximum Gasteiger partial charge on any atom is 0.256 e. The lowest BCUT2D eigenvalue weighted by Gasteiger charge is -2.27. The Labute approximate surface area is 170 Å². The number of rotatable bonds is 3. The number of carbonyl (C=O) groups excluding carboxylic acids is 1. The molecule has 0 saturated carbocycles. The molecule has 0 aliphatic carbocycles. The van der Waals surface area contributed by atoms with Crippen LogP contribution in [0.25, 0.3) is 10.8 Å². The van der Waals surface area contributed by atoms with Crippen LogP contribution < -0.4 is 5.32 Å². The molecule has 1 aromatic heterocycles. The van der Waals surface area contributed by atoms with Gasteiger partial charge in [-0.15, -0.1) is 0 Å². The molecule has 2 aromatic carbocycles. The van der Waals surface area contributed by atoms with E-state index in [0.29, 0.717) is 16.4 Å². The second-order valence-electron chi connectivity index (χ2n) is 7.48. The fraction of sp³-hybridized carbons (Fsp3) is 0.304. The summed E-state index contributed by atoms with van der Waals surface area (Å²) in [5.41, 5.74) is 3.67. The van der Waals surface area contributed by atoms with Gasteiger partial charge in [0.1, 0.15) is 5.82 Å². The number of pyridine rings is 1. The van der Waals surface area contributed by atoms with E-state index in [0.717, 1.165) is 53.5 Å². The molecule has 0 spiro atoms. The zero-order chi connectivity index (χ0) is 19.7. The van der Waals surface area contributed by atoms with Crippen molar-refractivity contribution in [2.75, 3.05) is 18.4 Å². The maximum atomic E-state index is 13.2. The summed E-state index contributed by atoms with van der Waals surface area (Å²) in [5.74, 6) is 0.785. The molecule has 5 heteroatoms. The predicted molar refractivity (Wildman–Crippen MR) is 116 cm³/mol. The Balaban J connectivity index is 1.79. The first kappa shape index (κ1) is 18.8. The lowest BCUT2D eigenvalue weighted by Crippen LogP contribution is -2.35. The first-order valence-electron chi connectivity index (χ1n) is 9.75. The summed E-state index contributed by atoms with van der Waals surface area (Å²) in [6.07, 6.45) is 5.05. The van der Waals surface area contributed by atoms with E-state index in [9.17, 15) is 4.79 Å². The van der Waals surface area contributed by atoms with Crippen molar-refractivity contribution in [3.05, 3.63) is 64.3 Å². The number of aryl methyl sites for hydroxylation is 2. The van der Waals surface area contributed by atoms with Crippen LogP contribution in [0.1, 0.15) is 40.7 Å². The highest BCUT2D eigenvalue weighted by Crippen LogP contribution is 2.33. The molecule has 0 bridgehead atoms. The molecule has 1 N–H and O–H groups in total. The van der Waals surface area contributed by atoms with Gasteiger partial charge >= 0.3 is 0 Å². The number of carbonyl (C=O) groups is 1. The number of halogens is 1. The Morgan fingerprint density at radius 2 is 1.89 bits per heavy atom. The molecule has 1 amide bonds. The van der Waals surface area contributed by atoms with E-state index in [1.807, 2.05) is 55.1 Å². The zero-order valence-corrected chi connectivity index (χ0v) is 17.0. The number of nitrogens with zero attached hydrogens (tertiary/aromatic N) is 2. The minimum absolute atomic E-state index is 0.0756. The van der Waals surface area contributed by atoms with Gasteiger partial charge in [0.05, 0.1) is 16.3 Å². The molecule has 4 rings (SSSR count). The molecule has 1 aliphatic rings. The van der Waals surface area contributed by atoms with Crippen LogP contribution in [-0.2, 0) is 0 Å². The number of hydrogen-bond acceptors (Lipinski definition) is 3. The molecule has 1 saturated heterocycles. The second kappa shape index (κ2) is 7.80. The van der Waals surface area contributed by atoms with Crippen molar-refractivity contribution in [3.8, 4) is 0 Å². The second-order valence-corrected chi connectivity index (χ2v) is 7.89. The van der Waals surface area contributed by atoms with Gasteiger partial charge in [-0.25, -0.2) is 4.98 Å². The van der Waals surface area contributed by atoms with Crippen molar-refractivity contribution in [2.24, 2.45) is 0 Å². The van der Waals surface area contributed by atoms with E-state index in [2.05, 4.69) is 10.3 Å². The van der Waals surface area contributed by atoms with Gasteiger partial charge in [0.2, 0.25) is 0 Å². The van der Waals surface area contributed by atoms with Crippen LogP contribution in [0, 0.1) is 13.8 Å². The number of fused-ring (bicyclic) bond motifs is 1. The highest BCUT2D eigenvalue weighted by Gasteiger charge is 2.22. The molecule has 4 nitrogen and oxygen atoms in total. The number of benzene rings is 2. The largest absolute Gasteiger partial charge is 0.339 e. The summed E-state index contributed by atoms with van der Waals surface area (Å²) in [6.45, 7) is 5.71. The molecule has 0 atom stereocenters. The smallest absolute Gasteiger partial charge is 0.256 e.